The first-order chi connectivity index (χ1) is 16.0. The van der Waals surface area contributed by atoms with Crippen LogP contribution in [0.1, 0.15) is 22.8 Å². The highest BCUT2D eigenvalue weighted by atomic mass is 16.5. The van der Waals surface area contributed by atoms with Crippen LogP contribution in [0.2, 0.25) is 0 Å². The van der Waals surface area contributed by atoms with Crippen molar-refractivity contribution in [2.75, 3.05) is 25.7 Å². The van der Waals surface area contributed by atoms with E-state index >= 15 is 0 Å². The quantitative estimate of drug-likeness (QED) is 0.399. The summed E-state index contributed by atoms with van der Waals surface area (Å²) in [5.74, 6) is 0.639. The molecule has 0 aliphatic carbocycles. The molecule has 7 heteroatoms. The molecule has 0 aliphatic heterocycles. The van der Waals surface area contributed by atoms with Crippen molar-refractivity contribution in [3.8, 4) is 11.4 Å². The van der Waals surface area contributed by atoms with Crippen molar-refractivity contribution in [2.24, 2.45) is 0 Å². The van der Waals surface area contributed by atoms with E-state index in [1.165, 1.54) is 7.11 Å². The molecule has 0 bridgehead atoms. The molecule has 0 saturated carbocycles. The number of anilines is 1. The summed E-state index contributed by atoms with van der Waals surface area (Å²) in [5.41, 5.74) is 2.28. The molecular weight excluding hydrogens is 418 g/mol. The van der Waals surface area contributed by atoms with E-state index in [4.69, 9.17) is 14.5 Å². The molecule has 0 radical (unpaired) electrons. The number of hydrogen-bond acceptors (Lipinski definition) is 6. The van der Waals surface area contributed by atoms with Crippen LogP contribution in [0.3, 0.4) is 0 Å². The number of rotatable bonds is 7. The third kappa shape index (κ3) is 4.43. The summed E-state index contributed by atoms with van der Waals surface area (Å²) >= 11 is 0. The van der Waals surface area contributed by atoms with Crippen molar-refractivity contribution in [1.29, 1.82) is 0 Å². The highest BCUT2D eigenvalue weighted by Gasteiger charge is 2.19. The zero-order valence-corrected chi connectivity index (χ0v) is 18.8. The van der Waals surface area contributed by atoms with Crippen LogP contribution in [0.5, 0.6) is 5.75 Å². The van der Waals surface area contributed by atoms with E-state index in [2.05, 4.69) is 0 Å². The van der Waals surface area contributed by atoms with Crippen LogP contribution in [0.15, 0.2) is 77.6 Å². The van der Waals surface area contributed by atoms with Crippen molar-refractivity contribution in [3.63, 3.8) is 0 Å². The lowest BCUT2D eigenvalue weighted by molar-refractivity contribution is 0.0601. The van der Waals surface area contributed by atoms with Crippen LogP contribution >= 0.6 is 0 Å². The lowest BCUT2D eigenvalue weighted by Gasteiger charge is -2.26. The van der Waals surface area contributed by atoms with Gasteiger partial charge in [-0.25, -0.2) is 14.3 Å². The number of esters is 1. The van der Waals surface area contributed by atoms with Crippen LogP contribution in [0.4, 0.5) is 5.95 Å². The fourth-order valence-electron chi connectivity index (χ4n) is 3.74. The third-order valence-electron chi connectivity index (χ3n) is 5.47. The number of fused-ring (bicyclic) bond motifs is 1. The third-order valence-corrected chi connectivity index (χ3v) is 5.47. The molecule has 0 fully saturated rings. The number of methoxy groups -OCH3 is 2. The second-order valence-corrected chi connectivity index (χ2v) is 7.48. The van der Waals surface area contributed by atoms with Gasteiger partial charge in [0.25, 0.3) is 5.56 Å². The van der Waals surface area contributed by atoms with Gasteiger partial charge in [0.2, 0.25) is 5.95 Å². The molecule has 0 spiro atoms. The highest BCUT2D eigenvalue weighted by molar-refractivity contribution is 5.94. The van der Waals surface area contributed by atoms with Gasteiger partial charge in [-0.15, -0.1) is 0 Å². The molecule has 0 saturated heterocycles. The average molecular weight is 444 g/mol. The van der Waals surface area contributed by atoms with Gasteiger partial charge in [0, 0.05) is 19.2 Å². The zero-order valence-electron chi connectivity index (χ0n) is 18.8. The van der Waals surface area contributed by atoms with E-state index in [-0.39, 0.29) is 5.56 Å². The lowest BCUT2D eigenvalue weighted by atomic mass is 10.1. The molecule has 4 rings (SSSR count). The maximum absolute atomic E-state index is 13.7. The maximum atomic E-state index is 13.7. The smallest absolute Gasteiger partial charge is 0.337 e. The number of carbonyl (C=O) groups excluding carboxylic acids is 1. The van der Waals surface area contributed by atoms with Gasteiger partial charge in [-0.3, -0.25) is 4.79 Å². The topological polar surface area (TPSA) is 73.7 Å². The van der Waals surface area contributed by atoms with Crippen molar-refractivity contribution < 1.29 is 14.3 Å². The first-order valence-corrected chi connectivity index (χ1v) is 10.6. The van der Waals surface area contributed by atoms with Gasteiger partial charge >= 0.3 is 5.97 Å². The number of hydrogen-bond donors (Lipinski definition) is 0. The Labute approximate surface area is 191 Å². The molecule has 3 aromatic carbocycles. The van der Waals surface area contributed by atoms with Gasteiger partial charge in [0.05, 0.1) is 36.4 Å². The Bertz CT molecular complexity index is 1350. The van der Waals surface area contributed by atoms with E-state index in [9.17, 15) is 9.59 Å². The Morgan fingerprint density at radius 1 is 1.00 bits per heavy atom. The van der Waals surface area contributed by atoms with E-state index in [1.807, 2.05) is 60.4 Å². The molecule has 168 valence electrons. The molecule has 0 unspecified atom stereocenters. The fourth-order valence-corrected chi connectivity index (χ4v) is 3.74. The summed E-state index contributed by atoms with van der Waals surface area (Å²) in [4.78, 5) is 32.7. The number of nitrogens with zero attached hydrogens (tertiary/aromatic N) is 3. The minimum atomic E-state index is -0.478. The second kappa shape index (κ2) is 9.56. The van der Waals surface area contributed by atoms with Crippen molar-refractivity contribution in [1.82, 2.24) is 9.55 Å². The fraction of sp³-hybridized carbons (Fsp3) is 0.192. The monoisotopic (exact) mass is 443 g/mol. The Balaban J connectivity index is 1.97. The van der Waals surface area contributed by atoms with Crippen molar-refractivity contribution in [2.45, 2.75) is 13.5 Å². The van der Waals surface area contributed by atoms with Gasteiger partial charge in [-0.2, -0.15) is 0 Å². The number of aromatic nitrogens is 2. The minimum Gasteiger partial charge on any atom is -0.497 e. The lowest BCUT2D eigenvalue weighted by Crippen LogP contribution is -2.32. The van der Waals surface area contributed by atoms with Crippen LogP contribution in [0.25, 0.3) is 16.6 Å². The average Bonchev–Trinajstić information content (AvgIpc) is 2.87. The Morgan fingerprint density at radius 2 is 1.79 bits per heavy atom. The molecular formula is C26H25N3O4. The molecule has 4 aromatic rings. The van der Waals surface area contributed by atoms with Gasteiger partial charge in [-0.05, 0) is 42.8 Å². The van der Waals surface area contributed by atoms with Gasteiger partial charge < -0.3 is 14.4 Å². The standard InChI is InChI=1S/C26H25N3O4/c1-4-28(17-18-9-6-5-7-10-18)26-27-23-15-19(25(31)33-3)13-14-22(23)24(30)29(26)20-11-8-12-21(16-20)32-2/h5-16H,4,17H2,1-3H3. The molecule has 0 N–H and O–H groups in total. The van der Waals surface area contributed by atoms with E-state index in [0.29, 0.717) is 46.9 Å². The maximum Gasteiger partial charge on any atom is 0.337 e. The summed E-state index contributed by atoms with van der Waals surface area (Å²) in [7, 11) is 2.91. The van der Waals surface area contributed by atoms with E-state index < -0.39 is 5.97 Å². The first-order valence-electron chi connectivity index (χ1n) is 10.6. The Kier molecular flexibility index (Phi) is 6.40. The van der Waals surface area contributed by atoms with Crippen LogP contribution in [-0.2, 0) is 11.3 Å². The summed E-state index contributed by atoms with van der Waals surface area (Å²) in [6.07, 6.45) is 0. The van der Waals surface area contributed by atoms with Crippen molar-refractivity contribution in [3.05, 3.63) is 94.3 Å². The highest BCUT2D eigenvalue weighted by Crippen LogP contribution is 2.24. The van der Waals surface area contributed by atoms with Gasteiger partial charge in [0.15, 0.2) is 0 Å². The SMILES string of the molecule is CCN(Cc1ccccc1)c1nc2cc(C(=O)OC)ccc2c(=O)n1-c1cccc(OC)c1. The molecule has 7 nitrogen and oxygen atoms in total. The Hall–Kier alpha value is -4.13. The Morgan fingerprint density at radius 3 is 2.48 bits per heavy atom. The number of ether oxygens (including phenoxy) is 2. The summed E-state index contributed by atoms with van der Waals surface area (Å²) in [6.45, 7) is 3.20. The van der Waals surface area contributed by atoms with Gasteiger partial charge in [-0.1, -0.05) is 36.4 Å². The second-order valence-electron chi connectivity index (χ2n) is 7.48. The largest absolute Gasteiger partial charge is 0.497 e. The minimum absolute atomic E-state index is 0.230. The predicted molar refractivity (Wildman–Crippen MR) is 128 cm³/mol. The zero-order chi connectivity index (χ0) is 23.4. The number of benzene rings is 3. The van der Waals surface area contributed by atoms with Gasteiger partial charge in [0.1, 0.15) is 5.75 Å². The summed E-state index contributed by atoms with van der Waals surface area (Å²) in [6, 6.07) is 22.1. The predicted octanol–water partition coefficient (Wildman–Crippen LogP) is 4.21. The van der Waals surface area contributed by atoms with Crippen LogP contribution in [-0.4, -0.2) is 36.3 Å². The van der Waals surface area contributed by atoms with Crippen molar-refractivity contribution >= 4 is 22.8 Å². The first kappa shape index (κ1) is 22.1. The summed E-state index contributed by atoms with van der Waals surface area (Å²) < 4.78 is 11.8. The molecule has 1 heterocycles. The number of carbonyl (C=O) groups is 1. The normalized spacial score (nSPS) is 10.8. The summed E-state index contributed by atoms with van der Waals surface area (Å²) in [5, 5.41) is 0.407. The molecule has 0 atom stereocenters. The molecule has 0 aliphatic rings. The van der Waals surface area contributed by atoms with Crippen LogP contribution in [0, 0.1) is 0 Å². The van der Waals surface area contributed by atoms with E-state index in [1.54, 1.807) is 35.9 Å². The molecule has 33 heavy (non-hydrogen) atoms. The molecule has 0 amide bonds. The van der Waals surface area contributed by atoms with Crippen LogP contribution < -0.4 is 15.2 Å². The van der Waals surface area contributed by atoms with E-state index in [0.717, 1.165) is 5.56 Å². The molecule has 1 aromatic heterocycles.